The monoisotopic (exact) mass is 207 g/mol. The first kappa shape index (κ1) is 10.4. The summed E-state index contributed by atoms with van der Waals surface area (Å²) in [4.78, 5) is 4.13. The van der Waals surface area contributed by atoms with E-state index in [2.05, 4.69) is 11.9 Å². The Hall–Kier alpha value is -1.09. The normalized spacial score (nSPS) is 31.2. The molecule has 82 valence electrons. The van der Waals surface area contributed by atoms with Crippen LogP contribution < -0.4 is 4.74 Å². The van der Waals surface area contributed by atoms with E-state index in [0.29, 0.717) is 11.8 Å². The Labute approximate surface area is 90.1 Å². The molecule has 3 atom stereocenters. The number of aromatic nitrogens is 1. The Balaban J connectivity index is 1.98. The number of hydrogen-bond donors (Lipinski definition) is 1. The van der Waals surface area contributed by atoms with Gasteiger partial charge in [0.25, 0.3) is 0 Å². The molecule has 1 aliphatic carbocycles. The highest BCUT2D eigenvalue weighted by molar-refractivity contribution is 5.10. The number of aliphatic hydroxyl groups is 1. The van der Waals surface area contributed by atoms with Gasteiger partial charge in [0.1, 0.15) is 6.10 Å². The molecule has 1 aromatic rings. The number of rotatable bonds is 2. The van der Waals surface area contributed by atoms with Crippen molar-refractivity contribution in [3.63, 3.8) is 0 Å². The van der Waals surface area contributed by atoms with Crippen LogP contribution in [0.1, 0.15) is 26.2 Å². The third-order valence-electron chi connectivity index (χ3n) is 3.00. The maximum atomic E-state index is 9.57. The summed E-state index contributed by atoms with van der Waals surface area (Å²) in [6, 6.07) is 5.63. The SMILES string of the molecule is CC1CCC(O)CC1Oc1ccccn1. The number of ether oxygens (including phenoxy) is 1. The molecule has 0 aromatic carbocycles. The molecule has 15 heavy (non-hydrogen) atoms. The van der Waals surface area contributed by atoms with Gasteiger partial charge in [-0.3, -0.25) is 0 Å². The molecule has 1 aromatic heterocycles. The van der Waals surface area contributed by atoms with Crippen molar-refractivity contribution in [2.75, 3.05) is 0 Å². The van der Waals surface area contributed by atoms with Gasteiger partial charge in [-0.25, -0.2) is 4.98 Å². The number of aliphatic hydroxyl groups excluding tert-OH is 1. The largest absolute Gasteiger partial charge is 0.474 e. The van der Waals surface area contributed by atoms with E-state index in [1.807, 2.05) is 18.2 Å². The average molecular weight is 207 g/mol. The fraction of sp³-hybridized carbons (Fsp3) is 0.583. The van der Waals surface area contributed by atoms with Gasteiger partial charge in [0.15, 0.2) is 0 Å². The highest BCUT2D eigenvalue weighted by Crippen LogP contribution is 2.27. The van der Waals surface area contributed by atoms with Crippen LogP contribution in [-0.2, 0) is 0 Å². The molecule has 0 amide bonds. The topological polar surface area (TPSA) is 42.4 Å². The van der Waals surface area contributed by atoms with Crippen molar-refractivity contribution in [1.82, 2.24) is 4.98 Å². The smallest absolute Gasteiger partial charge is 0.213 e. The molecular formula is C12H17NO2. The van der Waals surface area contributed by atoms with Crippen molar-refractivity contribution in [3.05, 3.63) is 24.4 Å². The molecule has 0 bridgehead atoms. The van der Waals surface area contributed by atoms with E-state index < -0.39 is 0 Å². The molecule has 3 heteroatoms. The molecule has 1 N–H and O–H groups in total. The lowest BCUT2D eigenvalue weighted by Crippen LogP contribution is -2.35. The van der Waals surface area contributed by atoms with Gasteiger partial charge >= 0.3 is 0 Å². The van der Waals surface area contributed by atoms with E-state index in [0.717, 1.165) is 19.3 Å². The molecular weight excluding hydrogens is 190 g/mol. The van der Waals surface area contributed by atoms with E-state index in [-0.39, 0.29) is 12.2 Å². The summed E-state index contributed by atoms with van der Waals surface area (Å²) in [5, 5.41) is 9.57. The predicted octanol–water partition coefficient (Wildman–Crippen LogP) is 2.01. The summed E-state index contributed by atoms with van der Waals surface area (Å²) < 4.78 is 5.77. The van der Waals surface area contributed by atoms with Crippen molar-refractivity contribution in [1.29, 1.82) is 0 Å². The van der Waals surface area contributed by atoms with Crippen molar-refractivity contribution in [2.24, 2.45) is 5.92 Å². The zero-order valence-corrected chi connectivity index (χ0v) is 8.97. The van der Waals surface area contributed by atoms with Gasteiger partial charge in [-0.1, -0.05) is 13.0 Å². The number of nitrogens with zero attached hydrogens (tertiary/aromatic N) is 1. The zero-order chi connectivity index (χ0) is 10.7. The number of pyridine rings is 1. The van der Waals surface area contributed by atoms with Crippen LogP contribution in [0.3, 0.4) is 0 Å². The van der Waals surface area contributed by atoms with Gasteiger partial charge in [-0.2, -0.15) is 0 Å². The van der Waals surface area contributed by atoms with Gasteiger partial charge in [0.2, 0.25) is 5.88 Å². The standard InChI is InChI=1S/C12H17NO2/c1-9-5-6-10(14)8-11(9)15-12-4-2-3-7-13-12/h2-4,7,9-11,14H,5-6,8H2,1H3. The summed E-state index contributed by atoms with van der Waals surface area (Å²) >= 11 is 0. The van der Waals surface area contributed by atoms with E-state index in [9.17, 15) is 5.11 Å². The highest BCUT2D eigenvalue weighted by atomic mass is 16.5. The molecule has 1 saturated carbocycles. The lowest BCUT2D eigenvalue weighted by atomic mass is 9.86. The fourth-order valence-electron chi connectivity index (χ4n) is 2.00. The first-order valence-electron chi connectivity index (χ1n) is 5.51. The van der Waals surface area contributed by atoms with Crippen molar-refractivity contribution < 1.29 is 9.84 Å². The molecule has 0 spiro atoms. The van der Waals surface area contributed by atoms with E-state index in [4.69, 9.17) is 4.74 Å². The predicted molar refractivity (Wildman–Crippen MR) is 57.7 cm³/mol. The van der Waals surface area contributed by atoms with Gasteiger partial charge in [0.05, 0.1) is 6.10 Å². The second kappa shape index (κ2) is 4.62. The molecule has 1 aliphatic rings. The summed E-state index contributed by atoms with van der Waals surface area (Å²) in [5.41, 5.74) is 0. The van der Waals surface area contributed by atoms with E-state index >= 15 is 0 Å². The number of hydrogen-bond acceptors (Lipinski definition) is 3. The van der Waals surface area contributed by atoms with Crippen LogP contribution in [0.25, 0.3) is 0 Å². The maximum Gasteiger partial charge on any atom is 0.213 e. The Kier molecular flexibility index (Phi) is 3.21. The second-order valence-corrected chi connectivity index (χ2v) is 4.27. The first-order valence-corrected chi connectivity index (χ1v) is 5.51. The van der Waals surface area contributed by atoms with Crippen LogP contribution >= 0.6 is 0 Å². The third kappa shape index (κ3) is 2.69. The lowest BCUT2D eigenvalue weighted by Gasteiger charge is -2.31. The Morgan fingerprint density at radius 2 is 2.27 bits per heavy atom. The zero-order valence-electron chi connectivity index (χ0n) is 8.97. The summed E-state index contributed by atoms with van der Waals surface area (Å²) in [5.74, 6) is 1.15. The van der Waals surface area contributed by atoms with Crippen molar-refractivity contribution in [2.45, 2.75) is 38.4 Å². The Morgan fingerprint density at radius 1 is 1.40 bits per heavy atom. The quantitative estimate of drug-likeness (QED) is 0.806. The Morgan fingerprint density at radius 3 is 3.00 bits per heavy atom. The molecule has 1 heterocycles. The molecule has 0 radical (unpaired) electrons. The summed E-state index contributed by atoms with van der Waals surface area (Å²) in [6.07, 6.45) is 4.25. The molecule has 3 unspecified atom stereocenters. The molecule has 3 nitrogen and oxygen atoms in total. The van der Waals surface area contributed by atoms with Gasteiger partial charge in [-0.15, -0.1) is 0 Å². The lowest BCUT2D eigenvalue weighted by molar-refractivity contribution is 0.0193. The van der Waals surface area contributed by atoms with E-state index in [1.54, 1.807) is 6.20 Å². The average Bonchev–Trinajstić information content (AvgIpc) is 2.25. The minimum atomic E-state index is -0.213. The molecule has 1 fully saturated rings. The van der Waals surface area contributed by atoms with Crippen LogP contribution in [0.5, 0.6) is 5.88 Å². The highest BCUT2D eigenvalue weighted by Gasteiger charge is 2.28. The molecule has 2 rings (SSSR count). The van der Waals surface area contributed by atoms with Gasteiger partial charge in [-0.05, 0) is 24.8 Å². The second-order valence-electron chi connectivity index (χ2n) is 4.27. The van der Waals surface area contributed by atoms with Crippen LogP contribution in [-0.4, -0.2) is 22.3 Å². The molecule has 0 aliphatic heterocycles. The minimum Gasteiger partial charge on any atom is -0.474 e. The minimum absolute atomic E-state index is 0.101. The van der Waals surface area contributed by atoms with E-state index in [1.165, 1.54) is 0 Å². The Bertz CT molecular complexity index is 302. The maximum absolute atomic E-state index is 9.57. The van der Waals surface area contributed by atoms with Gasteiger partial charge < -0.3 is 9.84 Å². The van der Waals surface area contributed by atoms with Crippen LogP contribution in [0.15, 0.2) is 24.4 Å². The molecule has 0 saturated heterocycles. The van der Waals surface area contributed by atoms with Crippen LogP contribution in [0, 0.1) is 5.92 Å². The van der Waals surface area contributed by atoms with Crippen LogP contribution in [0.4, 0.5) is 0 Å². The third-order valence-corrected chi connectivity index (χ3v) is 3.00. The first-order chi connectivity index (χ1) is 7.25. The van der Waals surface area contributed by atoms with Crippen molar-refractivity contribution >= 4 is 0 Å². The summed E-state index contributed by atoms with van der Waals surface area (Å²) in [6.45, 7) is 2.17. The summed E-state index contributed by atoms with van der Waals surface area (Å²) in [7, 11) is 0. The van der Waals surface area contributed by atoms with Gasteiger partial charge in [0, 0.05) is 18.7 Å². The van der Waals surface area contributed by atoms with Crippen LogP contribution in [0.2, 0.25) is 0 Å². The fourth-order valence-corrected chi connectivity index (χ4v) is 2.00. The van der Waals surface area contributed by atoms with Crippen molar-refractivity contribution in [3.8, 4) is 5.88 Å².